The van der Waals surface area contributed by atoms with Gasteiger partial charge in [-0.1, -0.05) is 130 Å². The van der Waals surface area contributed by atoms with E-state index in [-0.39, 0.29) is 4.90 Å². The summed E-state index contributed by atoms with van der Waals surface area (Å²) < 4.78 is 40.0. The number of rotatable bonds is 10. The summed E-state index contributed by atoms with van der Waals surface area (Å²) in [4.78, 5) is 12.5. The second kappa shape index (κ2) is 12.8. The molecule has 0 amide bonds. The summed E-state index contributed by atoms with van der Waals surface area (Å²) in [6.45, 7) is 6.31. The Morgan fingerprint density at radius 1 is 0.773 bits per heavy atom. The van der Waals surface area contributed by atoms with Gasteiger partial charge in [0, 0.05) is 0 Å². The van der Waals surface area contributed by atoms with Gasteiger partial charge in [-0.25, -0.2) is 8.42 Å². The van der Waals surface area contributed by atoms with Crippen molar-refractivity contribution < 1.29 is 32.6 Å². The first-order valence-electron chi connectivity index (χ1n) is 14.6. The zero-order chi connectivity index (χ0) is 31.5. The molecule has 2 N–H and O–H groups in total. The first-order chi connectivity index (χ1) is 21.0. The number of hydrogen-bond donors (Lipinski definition) is 2. The van der Waals surface area contributed by atoms with E-state index in [1.807, 2.05) is 78.9 Å². The number of aliphatic hydroxyl groups excluding tert-OH is 2. The van der Waals surface area contributed by atoms with Gasteiger partial charge in [-0.05, 0) is 33.1 Å². The van der Waals surface area contributed by atoms with E-state index in [0.29, 0.717) is 5.56 Å². The van der Waals surface area contributed by atoms with Gasteiger partial charge in [-0.3, -0.25) is 4.79 Å². The number of sulfone groups is 1. The van der Waals surface area contributed by atoms with Crippen LogP contribution in [0.15, 0.2) is 126 Å². The number of hydrogen-bond acceptors (Lipinski definition) is 7. The van der Waals surface area contributed by atoms with Crippen LogP contribution in [0.2, 0.25) is 5.04 Å². The SMILES string of the molecule is CC(C)(C)[Si](O[C@@H](c1ccccc1)[C@@H](O)[C@H](O)[C@H]1OC(=O)CC1S(=O)(=O)c1ccccc1)(c1ccccc1)c1ccccc1. The fraction of sp³-hybridized carbons (Fsp3) is 0.286. The Kier molecular flexibility index (Phi) is 9.24. The molecule has 1 saturated heterocycles. The van der Waals surface area contributed by atoms with Crippen LogP contribution in [0.5, 0.6) is 0 Å². The van der Waals surface area contributed by atoms with Crippen LogP contribution in [0, 0.1) is 0 Å². The Bertz CT molecular complexity index is 1600. The van der Waals surface area contributed by atoms with Crippen molar-refractivity contribution in [3.05, 3.63) is 127 Å². The van der Waals surface area contributed by atoms with Crippen molar-refractivity contribution in [3.8, 4) is 0 Å². The fourth-order valence-corrected chi connectivity index (χ4v) is 12.6. The minimum absolute atomic E-state index is 0.0122. The minimum Gasteiger partial charge on any atom is -0.458 e. The van der Waals surface area contributed by atoms with E-state index in [4.69, 9.17) is 9.16 Å². The van der Waals surface area contributed by atoms with Crippen LogP contribution in [-0.2, 0) is 23.8 Å². The molecule has 0 aliphatic carbocycles. The topological polar surface area (TPSA) is 110 Å². The van der Waals surface area contributed by atoms with Crippen LogP contribution in [0.4, 0.5) is 0 Å². The molecule has 0 spiro atoms. The van der Waals surface area contributed by atoms with Gasteiger partial charge in [-0.15, -0.1) is 0 Å². The summed E-state index contributed by atoms with van der Waals surface area (Å²) >= 11 is 0. The van der Waals surface area contributed by atoms with Gasteiger partial charge in [0.2, 0.25) is 0 Å². The molecule has 0 bridgehead atoms. The lowest BCUT2D eigenvalue weighted by Crippen LogP contribution is -2.67. The lowest BCUT2D eigenvalue weighted by molar-refractivity contribution is -0.152. The molecular weight excluding hydrogens is 593 g/mol. The van der Waals surface area contributed by atoms with Crippen LogP contribution in [0.3, 0.4) is 0 Å². The highest BCUT2D eigenvalue weighted by Gasteiger charge is 2.55. The van der Waals surface area contributed by atoms with Crippen molar-refractivity contribution in [3.63, 3.8) is 0 Å². The number of ether oxygens (including phenoxy) is 1. The molecular formula is C35H38O7SSi. The molecule has 1 heterocycles. The monoisotopic (exact) mass is 630 g/mol. The van der Waals surface area contributed by atoms with E-state index in [1.54, 1.807) is 30.3 Å². The maximum absolute atomic E-state index is 13.6. The van der Waals surface area contributed by atoms with E-state index in [1.165, 1.54) is 12.1 Å². The second-order valence-electron chi connectivity index (χ2n) is 12.1. The first-order valence-corrected chi connectivity index (χ1v) is 18.1. The normalized spacial score (nSPS) is 19.6. The van der Waals surface area contributed by atoms with Crippen LogP contribution >= 0.6 is 0 Å². The van der Waals surface area contributed by atoms with Crippen molar-refractivity contribution in [2.45, 2.75) is 66.8 Å². The van der Waals surface area contributed by atoms with E-state index in [0.717, 1.165) is 10.4 Å². The number of carbonyl (C=O) groups excluding carboxylic acids is 1. The predicted molar refractivity (Wildman–Crippen MR) is 172 cm³/mol. The highest BCUT2D eigenvalue weighted by Crippen LogP contribution is 2.42. The lowest BCUT2D eigenvalue weighted by atomic mass is 9.96. The fourth-order valence-electron chi connectivity index (χ4n) is 6.15. The van der Waals surface area contributed by atoms with Gasteiger partial charge in [-0.2, -0.15) is 0 Å². The van der Waals surface area contributed by atoms with Gasteiger partial charge in [0.25, 0.3) is 8.32 Å². The van der Waals surface area contributed by atoms with Crippen molar-refractivity contribution in [2.24, 2.45) is 0 Å². The molecule has 1 aliphatic heterocycles. The smallest absolute Gasteiger partial charge is 0.307 e. The van der Waals surface area contributed by atoms with Crippen LogP contribution in [-0.4, -0.2) is 56.5 Å². The maximum atomic E-state index is 13.6. The quantitative estimate of drug-likeness (QED) is 0.200. The van der Waals surface area contributed by atoms with E-state index < -0.39 is 65.2 Å². The van der Waals surface area contributed by atoms with Crippen LogP contribution in [0.1, 0.15) is 38.9 Å². The average molecular weight is 631 g/mol. The first kappa shape index (κ1) is 31.8. The second-order valence-corrected chi connectivity index (χ2v) is 18.6. The summed E-state index contributed by atoms with van der Waals surface area (Å²) in [5.74, 6) is -0.755. The zero-order valence-electron chi connectivity index (χ0n) is 25.0. The van der Waals surface area contributed by atoms with E-state index in [2.05, 4.69) is 20.8 Å². The van der Waals surface area contributed by atoms with Crippen LogP contribution < -0.4 is 10.4 Å². The Morgan fingerprint density at radius 2 is 1.23 bits per heavy atom. The number of aliphatic hydroxyl groups is 2. The molecule has 0 aromatic heterocycles. The summed E-state index contributed by atoms with van der Waals surface area (Å²) in [6.07, 6.45) is -6.46. The number of esters is 1. The predicted octanol–water partition coefficient (Wildman–Crippen LogP) is 4.18. The third-order valence-electron chi connectivity index (χ3n) is 8.32. The Labute approximate surface area is 260 Å². The molecule has 1 unspecified atom stereocenters. The van der Waals surface area contributed by atoms with Gasteiger partial charge >= 0.3 is 5.97 Å². The molecule has 5 rings (SSSR count). The number of carbonyl (C=O) groups is 1. The molecule has 0 radical (unpaired) electrons. The summed E-state index contributed by atoms with van der Waals surface area (Å²) in [5, 5.41) is 23.9. The molecule has 4 aromatic rings. The molecule has 1 aliphatic rings. The Morgan fingerprint density at radius 3 is 1.70 bits per heavy atom. The van der Waals surface area contributed by atoms with Crippen molar-refractivity contribution >= 4 is 34.5 Å². The number of cyclic esters (lactones) is 1. The molecule has 230 valence electrons. The summed E-state index contributed by atoms with van der Waals surface area (Å²) in [6, 6.07) is 36.6. The zero-order valence-corrected chi connectivity index (χ0v) is 26.8. The maximum Gasteiger partial charge on any atom is 0.307 e. The van der Waals surface area contributed by atoms with Gasteiger partial charge < -0.3 is 19.4 Å². The standard InChI is InChI=1S/C35H38O7SSi/c1-35(2,3)44(27-20-12-6-13-21-27,28-22-14-7-15-23-28)42-33(25-16-8-4-9-17-25)31(37)32(38)34-29(24-30(36)41-34)43(39,40)26-18-10-5-11-19-26/h4-23,29,31-34,37-38H,24H2,1-3H3/t29?,31-,32-,33-,34-/m0/s1. The third kappa shape index (κ3) is 6.03. The van der Waals surface area contributed by atoms with Gasteiger partial charge in [0.05, 0.1) is 17.4 Å². The van der Waals surface area contributed by atoms with Gasteiger partial charge in [0.1, 0.15) is 23.6 Å². The van der Waals surface area contributed by atoms with Crippen molar-refractivity contribution in [1.29, 1.82) is 0 Å². The molecule has 9 heteroatoms. The van der Waals surface area contributed by atoms with Crippen molar-refractivity contribution in [1.82, 2.24) is 0 Å². The molecule has 4 aromatic carbocycles. The molecule has 7 nitrogen and oxygen atoms in total. The summed E-state index contributed by atoms with van der Waals surface area (Å²) in [5.41, 5.74) is 0.596. The highest BCUT2D eigenvalue weighted by molar-refractivity contribution is 7.92. The Balaban J connectivity index is 1.61. The third-order valence-corrected chi connectivity index (χ3v) is 15.5. The number of benzene rings is 4. The average Bonchev–Trinajstić information content (AvgIpc) is 3.44. The van der Waals surface area contributed by atoms with Crippen molar-refractivity contribution in [2.75, 3.05) is 0 Å². The highest BCUT2D eigenvalue weighted by atomic mass is 32.2. The van der Waals surface area contributed by atoms with E-state index in [9.17, 15) is 23.4 Å². The Hall–Kier alpha value is -3.60. The summed E-state index contributed by atoms with van der Waals surface area (Å²) in [7, 11) is -7.34. The lowest BCUT2D eigenvalue weighted by Gasteiger charge is -2.46. The van der Waals surface area contributed by atoms with Gasteiger partial charge in [0.15, 0.2) is 9.84 Å². The minimum atomic E-state index is -4.08. The molecule has 44 heavy (non-hydrogen) atoms. The molecule has 5 atom stereocenters. The molecule has 1 fully saturated rings. The van der Waals surface area contributed by atoms with Crippen LogP contribution in [0.25, 0.3) is 0 Å². The van der Waals surface area contributed by atoms with E-state index >= 15 is 0 Å². The molecule has 0 saturated carbocycles. The largest absolute Gasteiger partial charge is 0.458 e.